The van der Waals surface area contributed by atoms with Crippen molar-refractivity contribution in [3.63, 3.8) is 0 Å². The third kappa shape index (κ3) is 5.41. The second-order valence-corrected chi connectivity index (χ2v) is 11.8. The van der Waals surface area contributed by atoms with E-state index in [2.05, 4.69) is 32.0 Å². The molecule has 39 heavy (non-hydrogen) atoms. The van der Waals surface area contributed by atoms with Gasteiger partial charge in [0.1, 0.15) is 23.9 Å². The number of aryl methyl sites for hydroxylation is 1. The van der Waals surface area contributed by atoms with Crippen LogP contribution in [0.25, 0.3) is 11.1 Å². The Bertz CT molecular complexity index is 1360. The third-order valence-corrected chi connectivity index (χ3v) is 9.04. The van der Waals surface area contributed by atoms with E-state index in [1.165, 1.54) is 36.3 Å². The Hall–Kier alpha value is -3.34. The van der Waals surface area contributed by atoms with Crippen LogP contribution in [0.4, 0.5) is 4.39 Å². The van der Waals surface area contributed by atoms with Crippen LogP contribution >= 0.6 is 0 Å². The standard InChI is InChI=1S/C34H39FO4/c1-21(33(36)38-5)26-14-10-23-9-11-25(19-28(23)26)39-20-22-8-13-27(30-18-24(37-4)12-15-32(30)35)29(17-22)31-7-6-16-34(31,2)3/h8-9,11-13,15,17-19,21,26,31H,6-7,10,14,16,20H2,1-5H3/t21-,26+,31-/m0/s1. The molecule has 0 N–H and O–H groups in total. The minimum atomic E-state index is -0.245. The van der Waals surface area contributed by atoms with E-state index < -0.39 is 0 Å². The molecule has 1 fully saturated rings. The first-order chi connectivity index (χ1) is 18.7. The number of hydrogen-bond acceptors (Lipinski definition) is 4. The van der Waals surface area contributed by atoms with Crippen molar-refractivity contribution in [1.29, 1.82) is 0 Å². The Balaban J connectivity index is 1.43. The number of hydrogen-bond donors (Lipinski definition) is 0. The average molecular weight is 531 g/mol. The molecule has 1 saturated carbocycles. The fraction of sp³-hybridized carbons (Fsp3) is 0.441. The predicted octanol–water partition coefficient (Wildman–Crippen LogP) is 8.21. The molecule has 0 unspecified atom stereocenters. The number of carbonyl (C=O) groups excluding carboxylic acids is 1. The zero-order chi connectivity index (χ0) is 27.7. The van der Waals surface area contributed by atoms with Gasteiger partial charge in [-0.05, 0) is 101 Å². The summed E-state index contributed by atoms with van der Waals surface area (Å²) in [4.78, 5) is 12.2. The first kappa shape index (κ1) is 27.2. The van der Waals surface area contributed by atoms with E-state index in [0.717, 1.165) is 42.6 Å². The summed E-state index contributed by atoms with van der Waals surface area (Å²) in [5, 5.41) is 0. The summed E-state index contributed by atoms with van der Waals surface area (Å²) in [6.45, 7) is 6.99. The lowest BCUT2D eigenvalue weighted by Gasteiger charge is -2.30. The second-order valence-electron chi connectivity index (χ2n) is 11.8. The van der Waals surface area contributed by atoms with Crippen LogP contribution in [-0.4, -0.2) is 20.2 Å². The van der Waals surface area contributed by atoms with E-state index in [-0.39, 0.29) is 29.0 Å². The Labute approximate surface area is 231 Å². The van der Waals surface area contributed by atoms with Gasteiger partial charge >= 0.3 is 5.97 Å². The Morgan fingerprint density at radius 2 is 1.77 bits per heavy atom. The summed E-state index contributed by atoms with van der Waals surface area (Å²) in [7, 11) is 3.05. The van der Waals surface area contributed by atoms with Crippen molar-refractivity contribution in [2.45, 2.75) is 71.3 Å². The van der Waals surface area contributed by atoms with Gasteiger partial charge < -0.3 is 14.2 Å². The summed E-state index contributed by atoms with van der Waals surface area (Å²) in [5.41, 5.74) is 6.32. The molecular formula is C34H39FO4. The quantitative estimate of drug-likeness (QED) is 0.275. The molecule has 0 amide bonds. The number of halogens is 1. The predicted molar refractivity (Wildman–Crippen MR) is 152 cm³/mol. The molecule has 2 aliphatic rings. The van der Waals surface area contributed by atoms with Gasteiger partial charge in [0.15, 0.2) is 0 Å². The van der Waals surface area contributed by atoms with Crippen LogP contribution in [0.15, 0.2) is 54.6 Å². The van der Waals surface area contributed by atoms with Gasteiger partial charge in [-0.3, -0.25) is 4.79 Å². The van der Waals surface area contributed by atoms with Gasteiger partial charge in [-0.1, -0.05) is 51.5 Å². The summed E-state index contributed by atoms with van der Waals surface area (Å²) in [5.74, 6) is 1.31. The fourth-order valence-corrected chi connectivity index (χ4v) is 6.71. The molecule has 3 aromatic rings. The van der Waals surface area contributed by atoms with Gasteiger partial charge in [0, 0.05) is 5.56 Å². The highest BCUT2D eigenvalue weighted by Gasteiger charge is 2.37. The van der Waals surface area contributed by atoms with Gasteiger partial charge in [0.05, 0.1) is 20.1 Å². The summed E-state index contributed by atoms with van der Waals surface area (Å²) < 4.78 is 31.8. The van der Waals surface area contributed by atoms with Crippen LogP contribution < -0.4 is 9.47 Å². The molecule has 0 bridgehead atoms. The van der Waals surface area contributed by atoms with Crippen molar-refractivity contribution in [3.05, 3.63) is 82.7 Å². The van der Waals surface area contributed by atoms with Gasteiger partial charge in [-0.25, -0.2) is 4.39 Å². The number of fused-ring (bicyclic) bond motifs is 1. The van der Waals surface area contributed by atoms with Gasteiger partial charge in [-0.15, -0.1) is 0 Å². The van der Waals surface area contributed by atoms with Crippen molar-refractivity contribution in [2.24, 2.45) is 11.3 Å². The maximum atomic E-state index is 15.1. The van der Waals surface area contributed by atoms with Gasteiger partial charge in [0.2, 0.25) is 0 Å². The summed E-state index contributed by atoms with van der Waals surface area (Å²) in [6.07, 6.45) is 5.31. The first-order valence-electron chi connectivity index (χ1n) is 14.0. The lowest BCUT2D eigenvalue weighted by molar-refractivity contribution is -0.145. The molecule has 0 spiro atoms. The molecule has 3 atom stereocenters. The molecular weight excluding hydrogens is 491 g/mol. The lowest BCUT2D eigenvalue weighted by Crippen LogP contribution is -2.19. The maximum Gasteiger partial charge on any atom is 0.308 e. The highest BCUT2D eigenvalue weighted by atomic mass is 19.1. The summed E-state index contributed by atoms with van der Waals surface area (Å²) in [6, 6.07) is 17.5. The number of esters is 1. The lowest BCUT2D eigenvalue weighted by atomic mass is 9.75. The van der Waals surface area contributed by atoms with E-state index in [4.69, 9.17) is 14.2 Å². The van der Waals surface area contributed by atoms with Crippen LogP contribution in [0.5, 0.6) is 11.5 Å². The number of ether oxygens (including phenoxy) is 3. The van der Waals surface area contributed by atoms with Crippen molar-refractivity contribution >= 4 is 5.97 Å². The zero-order valence-electron chi connectivity index (χ0n) is 23.7. The van der Waals surface area contributed by atoms with Crippen LogP contribution in [0.1, 0.15) is 80.5 Å². The summed E-state index contributed by atoms with van der Waals surface area (Å²) >= 11 is 0. The van der Waals surface area contributed by atoms with Crippen LogP contribution in [-0.2, 0) is 22.6 Å². The van der Waals surface area contributed by atoms with Crippen LogP contribution in [0.3, 0.4) is 0 Å². The van der Waals surface area contributed by atoms with Crippen molar-refractivity contribution in [3.8, 4) is 22.6 Å². The molecule has 2 aliphatic carbocycles. The normalized spacial score (nSPS) is 20.4. The zero-order valence-corrected chi connectivity index (χ0v) is 23.7. The molecule has 0 radical (unpaired) electrons. The fourth-order valence-electron chi connectivity index (χ4n) is 6.71. The SMILES string of the molecule is COC(=O)[C@@H](C)[C@H]1CCc2ccc(OCc3ccc(-c4cc(OC)ccc4F)c([C@@H]4CCCC4(C)C)c3)cc21. The molecule has 0 heterocycles. The average Bonchev–Trinajstić information content (AvgIpc) is 3.53. The van der Waals surface area contributed by atoms with E-state index in [9.17, 15) is 4.79 Å². The highest BCUT2D eigenvalue weighted by Crippen LogP contribution is 2.51. The molecule has 0 aromatic heterocycles. The minimum Gasteiger partial charge on any atom is -0.497 e. The van der Waals surface area contributed by atoms with E-state index in [0.29, 0.717) is 23.8 Å². The van der Waals surface area contributed by atoms with Crippen molar-refractivity contribution in [1.82, 2.24) is 0 Å². The molecule has 206 valence electrons. The molecule has 4 nitrogen and oxygen atoms in total. The van der Waals surface area contributed by atoms with E-state index in [1.54, 1.807) is 19.2 Å². The minimum absolute atomic E-state index is 0.134. The van der Waals surface area contributed by atoms with Gasteiger partial charge in [0.25, 0.3) is 0 Å². The molecule has 3 aromatic carbocycles. The van der Waals surface area contributed by atoms with E-state index in [1.807, 2.05) is 25.1 Å². The second kappa shape index (κ2) is 11.0. The Kier molecular flexibility index (Phi) is 7.70. The van der Waals surface area contributed by atoms with Crippen LogP contribution in [0, 0.1) is 17.2 Å². The Morgan fingerprint density at radius 3 is 2.49 bits per heavy atom. The molecule has 5 heteroatoms. The monoisotopic (exact) mass is 530 g/mol. The largest absolute Gasteiger partial charge is 0.497 e. The topological polar surface area (TPSA) is 44.8 Å². The Morgan fingerprint density at radius 1 is 0.974 bits per heavy atom. The van der Waals surface area contributed by atoms with Gasteiger partial charge in [-0.2, -0.15) is 0 Å². The molecule has 0 saturated heterocycles. The number of rotatable bonds is 8. The smallest absolute Gasteiger partial charge is 0.308 e. The van der Waals surface area contributed by atoms with Crippen molar-refractivity contribution < 1.29 is 23.4 Å². The first-order valence-corrected chi connectivity index (χ1v) is 14.0. The number of methoxy groups -OCH3 is 2. The van der Waals surface area contributed by atoms with E-state index >= 15 is 4.39 Å². The number of benzene rings is 3. The molecule has 0 aliphatic heterocycles. The number of carbonyl (C=O) groups is 1. The third-order valence-electron chi connectivity index (χ3n) is 9.04. The van der Waals surface area contributed by atoms with Crippen LogP contribution in [0.2, 0.25) is 0 Å². The molecule has 5 rings (SSSR count). The highest BCUT2D eigenvalue weighted by molar-refractivity contribution is 5.73. The maximum absolute atomic E-state index is 15.1. The van der Waals surface area contributed by atoms with Crippen molar-refractivity contribution in [2.75, 3.05) is 14.2 Å².